The van der Waals surface area contributed by atoms with E-state index in [0.717, 1.165) is 23.8 Å². The molecule has 2 heteroatoms. The first kappa shape index (κ1) is 14.9. The second-order valence-corrected chi connectivity index (χ2v) is 6.70. The van der Waals surface area contributed by atoms with Crippen molar-refractivity contribution < 1.29 is 4.79 Å². The lowest BCUT2D eigenvalue weighted by Crippen LogP contribution is -2.26. The van der Waals surface area contributed by atoms with Crippen molar-refractivity contribution in [2.24, 2.45) is 0 Å². The van der Waals surface area contributed by atoms with Gasteiger partial charge < -0.3 is 4.90 Å². The Hall–Kier alpha value is -2.61. The SMILES string of the molecule is Cc1ccccc1CN(C)C(=O)c1ccc2c3c(cccc13)CC2. The highest BCUT2D eigenvalue weighted by molar-refractivity contribution is 6.09. The van der Waals surface area contributed by atoms with Gasteiger partial charge >= 0.3 is 0 Å². The second-order valence-electron chi connectivity index (χ2n) is 6.70. The smallest absolute Gasteiger partial charge is 0.254 e. The molecule has 0 saturated carbocycles. The molecule has 0 bridgehead atoms. The zero-order valence-corrected chi connectivity index (χ0v) is 14.2. The first-order valence-electron chi connectivity index (χ1n) is 8.48. The van der Waals surface area contributed by atoms with E-state index < -0.39 is 0 Å². The van der Waals surface area contributed by atoms with Gasteiger partial charge in [0, 0.05) is 19.2 Å². The lowest BCUT2D eigenvalue weighted by molar-refractivity contribution is 0.0787. The zero-order chi connectivity index (χ0) is 16.7. The maximum absolute atomic E-state index is 13.0. The zero-order valence-electron chi connectivity index (χ0n) is 14.2. The van der Waals surface area contributed by atoms with Crippen LogP contribution in [0.5, 0.6) is 0 Å². The monoisotopic (exact) mass is 315 g/mol. The van der Waals surface area contributed by atoms with Crippen LogP contribution >= 0.6 is 0 Å². The molecular formula is C22H21NO. The van der Waals surface area contributed by atoms with Gasteiger partial charge in [-0.15, -0.1) is 0 Å². The van der Waals surface area contributed by atoms with Crippen LogP contribution in [0.25, 0.3) is 10.8 Å². The summed E-state index contributed by atoms with van der Waals surface area (Å²) in [5.41, 5.74) is 5.97. The number of benzene rings is 3. The van der Waals surface area contributed by atoms with E-state index in [1.807, 2.05) is 30.1 Å². The molecule has 0 N–H and O–H groups in total. The van der Waals surface area contributed by atoms with Gasteiger partial charge in [-0.2, -0.15) is 0 Å². The van der Waals surface area contributed by atoms with Crippen LogP contribution in [0.15, 0.2) is 54.6 Å². The van der Waals surface area contributed by atoms with Gasteiger partial charge in [-0.05, 0) is 58.9 Å². The van der Waals surface area contributed by atoms with Crippen LogP contribution in [0.3, 0.4) is 0 Å². The summed E-state index contributed by atoms with van der Waals surface area (Å²) >= 11 is 0. The number of hydrogen-bond acceptors (Lipinski definition) is 1. The molecule has 4 rings (SSSR count). The van der Waals surface area contributed by atoms with Gasteiger partial charge in [-0.1, -0.05) is 48.5 Å². The highest BCUT2D eigenvalue weighted by Gasteiger charge is 2.20. The Morgan fingerprint density at radius 3 is 2.50 bits per heavy atom. The van der Waals surface area contributed by atoms with Gasteiger partial charge in [0.05, 0.1) is 0 Å². The van der Waals surface area contributed by atoms with E-state index in [4.69, 9.17) is 0 Å². The molecule has 0 fully saturated rings. The fourth-order valence-corrected chi connectivity index (χ4v) is 3.75. The summed E-state index contributed by atoms with van der Waals surface area (Å²) in [6.07, 6.45) is 2.17. The number of amides is 1. The molecule has 24 heavy (non-hydrogen) atoms. The van der Waals surface area contributed by atoms with Gasteiger partial charge in [-0.25, -0.2) is 0 Å². The number of carbonyl (C=O) groups excluding carboxylic acids is 1. The molecule has 0 atom stereocenters. The molecule has 0 unspecified atom stereocenters. The van der Waals surface area contributed by atoms with Crippen molar-refractivity contribution in [3.63, 3.8) is 0 Å². The molecule has 1 aliphatic rings. The molecule has 0 aliphatic heterocycles. The number of carbonyl (C=O) groups is 1. The molecule has 0 saturated heterocycles. The van der Waals surface area contributed by atoms with Crippen molar-refractivity contribution in [2.75, 3.05) is 7.05 Å². The summed E-state index contributed by atoms with van der Waals surface area (Å²) in [4.78, 5) is 14.9. The summed E-state index contributed by atoms with van der Waals surface area (Å²) in [6, 6.07) is 18.7. The molecule has 3 aromatic rings. The molecule has 3 aromatic carbocycles. The lowest BCUT2D eigenvalue weighted by Gasteiger charge is -2.20. The maximum atomic E-state index is 13.0. The highest BCUT2D eigenvalue weighted by Crippen LogP contribution is 2.33. The molecule has 0 spiro atoms. The van der Waals surface area contributed by atoms with Gasteiger partial charge in [0.25, 0.3) is 5.91 Å². The van der Waals surface area contributed by atoms with Gasteiger partial charge in [0.1, 0.15) is 0 Å². The summed E-state index contributed by atoms with van der Waals surface area (Å²) in [7, 11) is 1.89. The van der Waals surface area contributed by atoms with Crippen molar-refractivity contribution in [3.8, 4) is 0 Å². The third kappa shape index (κ3) is 2.39. The Kier molecular flexibility index (Phi) is 3.61. The third-order valence-corrected chi connectivity index (χ3v) is 5.12. The van der Waals surface area contributed by atoms with Crippen LogP contribution in [-0.4, -0.2) is 17.9 Å². The lowest BCUT2D eigenvalue weighted by atomic mass is 9.99. The van der Waals surface area contributed by atoms with Crippen molar-refractivity contribution in [2.45, 2.75) is 26.3 Å². The van der Waals surface area contributed by atoms with Crippen molar-refractivity contribution in [1.29, 1.82) is 0 Å². The van der Waals surface area contributed by atoms with Gasteiger partial charge in [-0.3, -0.25) is 4.79 Å². The topological polar surface area (TPSA) is 20.3 Å². The summed E-state index contributed by atoms with van der Waals surface area (Å²) in [5.74, 6) is 0.0915. The number of rotatable bonds is 3. The first-order chi connectivity index (χ1) is 11.6. The molecule has 0 radical (unpaired) electrons. The normalized spacial score (nSPS) is 12.6. The Morgan fingerprint density at radius 2 is 1.71 bits per heavy atom. The van der Waals surface area contributed by atoms with Crippen LogP contribution in [0.1, 0.15) is 32.6 Å². The number of nitrogens with zero attached hydrogens (tertiary/aromatic N) is 1. The third-order valence-electron chi connectivity index (χ3n) is 5.12. The van der Waals surface area contributed by atoms with E-state index >= 15 is 0 Å². The highest BCUT2D eigenvalue weighted by atomic mass is 16.2. The second kappa shape index (κ2) is 5.79. The van der Waals surface area contributed by atoms with E-state index in [1.165, 1.54) is 27.6 Å². The largest absolute Gasteiger partial charge is 0.337 e. The quantitative estimate of drug-likeness (QED) is 0.696. The molecule has 1 aliphatic carbocycles. The van der Waals surface area contributed by atoms with E-state index in [1.54, 1.807) is 0 Å². The van der Waals surface area contributed by atoms with Crippen LogP contribution < -0.4 is 0 Å². The van der Waals surface area contributed by atoms with Crippen LogP contribution in [-0.2, 0) is 19.4 Å². The predicted octanol–water partition coefficient (Wildman–Crippen LogP) is 4.52. The van der Waals surface area contributed by atoms with Crippen LogP contribution in [0, 0.1) is 6.92 Å². The maximum Gasteiger partial charge on any atom is 0.254 e. The van der Waals surface area contributed by atoms with Crippen molar-refractivity contribution >= 4 is 16.7 Å². The average molecular weight is 315 g/mol. The summed E-state index contributed by atoms with van der Waals surface area (Å²) < 4.78 is 0. The van der Waals surface area contributed by atoms with Gasteiger partial charge in [0.2, 0.25) is 0 Å². The Balaban J connectivity index is 1.70. The molecule has 120 valence electrons. The fraction of sp³-hybridized carbons (Fsp3) is 0.227. The molecular weight excluding hydrogens is 294 g/mol. The average Bonchev–Trinajstić information content (AvgIpc) is 3.02. The first-order valence-corrected chi connectivity index (χ1v) is 8.48. The summed E-state index contributed by atoms with van der Waals surface area (Å²) in [5, 5.41) is 2.40. The molecule has 0 aromatic heterocycles. The predicted molar refractivity (Wildman–Crippen MR) is 98.3 cm³/mol. The fourth-order valence-electron chi connectivity index (χ4n) is 3.75. The van der Waals surface area contributed by atoms with Gasteiger partial charge in [0.15, 0.2) is 0 Å². The summed E-state index contributed by atoms with van der Waals surface area (Å²) in [6.45, 7) is 2.72. The minimum Gasteiger partial charge on any atom is -0.337 e. The molecule has 1 amide bonds. The Morgan fingerprint density at radius 1 is 0.958 bits per heavy atom. The Labute approximate surface area is 142 Å². The molecule has 2 nitrogen and oxygen atoms in total. The van der Waals surface area contributed by atoms with Crippen molar-refractivity contribution in [1.82, 2.24) is 4.90 Å². The standard InChI is InChI=1S/C22H21NO/c1-15-6-3-4-7-18(15)14-23(2)22(24)20-13-12-17-11-10-16-8-5-9-19(20)21(16)17/h3-9,12-13H,10-11,14H2,1-2H3. The van der Waals surface area contributed by atoms with E-state index in [9.17, 15) is 4.79 Å². The minimum atomic E-state index is 0.0915. The van der Waals surface area contributed by atoms with Crippen LogP contribution in [0.4, 0.5) is 0 Å². The number of aryl methyl sites for hydroxylation is 3. The van der Waals surface area contributed by atoms with Crippen molar-refractivity contribution in [3.05, 3.63) is 82.4 Å². The molecule has 0 heterocycles. The number of hydrogen-bond donors (Lipinski definition) is 0. The minimum absolute atomic E-state index is 0.0915. The van der Waals surface area contributed by atoms with Crippen LogP contribution in [0.2, 0.25) is 0 Å². The van der Waals surface area contributed by atoms with E-state index in [0.29, 0.717) is 6.54 Å². The van der Waals surface area contributed by atoms with E-state index in [2.05, 4.69) is 43.3 Å². The van der Waals surface area contributed by atoms with E-state index in [-0.39, 0.29) is 5.91 Å². The Bertz CT molecular complexity index is 932.